The molecular weight excluding hydrogens is 310 g/mol. The Labute approximate surface area is 142 Å². The number of carboxylic acids is 1. The highest BCUT2D eigenvalue weighted by molar-refractivity contribution is 5.83. The van der Waals surface area contributed by atoms with Crippen LogP contribution < -0.4 is 0 Å². The monoisotopic (exact) mass is 337 g/mol. The van der Waals surface area contributed by atoms with Crippen molar-refractivity contribution in [1.82, 2.24) is 14.7 Å². The van der Waals surface area contributed by atoms with E-state index in [1.807, 2.05) is 32.5 Å². The summed E-state index contributed by atoms with van der Waals surface area (Å²) in [6, 6.07) is -0.0547. The summed E-state index contributed by atoms with van der Waals surface area (Å²) in [6.45, 7) is 6.68. The number of amides is 1. The lowest BCUT2D eigenvalue weighted by Gasteiger charge is -2.35. The van der Waals surface area contributed by atoms with Crippen LogP contribution in [-0.2, 0) is 27.8 Å². The van der Waals surface area contributed by atoms with E-state index >= 15 is 0 Å². The average molecular weight is 337 g/mol. The van der Waals surface area contributed by atoms with Crippen molar-refractivity contribution >= 4 is 11.9 Å². The van der Waals surface area contributed by atoms with Crippen molar-refractivity contribution in [3.8, 4) is 0 Å². The Kier molecular flexibility index (Phi) is 5.99. The zero-order valence-corrected chi connectivity index (χ0v) is 14.9. The standard InChI is InChI=1S/C17H27N3O4/c1-11(9-15-12(2)18-19(4)13(15)3)17(23)20(10-16(21)22)14-5-7-24-8-6-14/h11,14H,5-10H2,1-4H3,(H,21,22). The highest BCUT2D eigenvalue weighted by atomic mass is 16.5. The molecule has 0 aliphatic carbocycles. The molecule has 0 saturated carbocycles. The lowest BCUT2D eigenvalue weighted by molar-refractivity contribution is -0.149. The van der Waals surface area contributed by atoms with Crippen molar-refractivity contribution < 1.29 is 19.4 Å². The van der Waals surface area contributed by atoms with Gasteiger partial charge in [-0.3, -0.25) is 14.3 Å². The number of aromatic nitrogens is 2. The summed E-state index contributed by atoms with van der Waals surface area (Å²) < 4.78 is 7.14. The molecule has 1 aliphatic rings. The smallest absolute Gasteiger partial charge is 0.323 e. The average Bonchev–Trinajstić information content (AvgIpc) is 2.79. The van der Waals surface area contributed by atoms with Gasteiger partial charge in [0, 0.05) is 37.9 Å². The summed E-state index contributed by atoms with van der Waals surface area (Å²) in [5.74, 6) is -1.36. The number of aliphatic carboxylic acids is 1. The molecule has 24 heavy (non-hydrogen) atoms. The SMILES string of the molecule is Cc1nn(C)c(C)c1CC(C)C(=O)N(CC(=O)O)C1CCOCC1. The zero-order valence-electron chi connectivity index (χ0n) is 14.9. The first-order chi connectivity index (χ1) is 11.3. The first kappa shape index (κ1) is 18.4. The molecule has 0 aromatic carbocycles. The van der Waals surface area contributed by atoms with E-state index in [0.29, 0.717) is 32.5 Å². The van der Waals surface area contributed by atoms with E-state index in [9.17, 15) is 14.7 Å². The van der Waals surface area contributed by atoms with Crippen LogP contribution in [0.1, 0.15) is 36.7 Å². The fourth-order valence-corrected chi connectivity index (χ4v) is 3.32. The van der Waals surface area contributed by atoms with Gasteiger partial charge in [0.1, 0.15) is 6.54 Å². The Morgan fingerprint density at radius 2 is 2.00 bits per heavy atom. The molecule has 2 rings (SSSR count). The van der Waals surface area contributed by atoms with Crippen molar-refractivity contribution in [2.24, 2.45) is 13.0 Å². The van der Waals surface area contributed by atoms with Gasteiger partial charge in [0.05, 0.1) is 5.69 Å². The largest absolute Gasteiger partial charge is 0.480 e. The number of hydrogen-bond donors (Lipinski definition) is 1. The van der Waals surface area contributed by atoms with Gasteiger partial charge in [-0.2, -0.15) is 5.10 Å². The fourth-order valence-electron chi connectivity index (χ4n) is 3.32. The van der Waals surface area contributed by atoms with Crippen LogP contribution in [0, 0.1) is 19.8 Å². The van der Waals surface area contributed by atoms with E-state index in [4.69, 9.17) is 4.74 Å². The van der Waals surface area contributed by atoms with E-state index in [1.54, 1.807) is 0 Å². The molecule has 0 radical (unpaired) electrons. The predicted octanol–water partition coefficient (Wildman–Crippen LogP) is 1.31. The second-order valence-electron chi connectivity index (χ2n) is 6.58. The highest BCUT2D eigenvalue weighted by Crippen LogP contribution is 2.21. The maximum Gasteiger partial charge on any atom is 0.323 e. The minimum Gasteiger partial charge on any atom is -0.480 e. The molecule has 1 N–H and O–H groups in total. The van der Waals surface area contributed by atoms with Gasteiger partial charge in [-0.25, -0.2) is 0 Å². The molecule has 1 amide bonds. The Hall–Kier alpha value is -1.89. The quantitative estimate of drug-likeness (QED) is 0.846. The zero-order chi connectivity index (χ0) is 17.9. The Morgan fingerprint density at radius 1 is 1.38 bits per heavy atom. The summed E-state index contributed by atoms with van der Waals surface area (Å²) in [5.41, 5.74) is 3.04. The minimum atomic E-state index is -0.976. The summed E-state index contributed by atoms with van der Waals surface area (Å²) >= 11 is 0. The van der Waals surface area contributed by atoms with Gasteiger partial charge in [0.25, 0.3) is 0 Å². The maximum absolute atomic E-state index is 12.9. The molecule has 7 nitrogen and oxygen atoms in total. The van der Waals surface area contributed by atoms with Crippen LogP contribution in [0.3, 0.4) is 0 Å². The highest BCUT2D eigenvalue weighted by Gasteiger charge is 2.31. The van der Waals surface area contributed by atoms with Gasteiger partial charge in [-0.15, -0.1) is 0 Å². The van der Waals surface area contributed by atoms with Gasteiger partial charge in [-0.05, 0) is 38.7 Å². The van der Waals surface area contributed by atoms with Gasteiger partial charge in [0.2, 0.25) is 5.91 Å². The number of nitrogens with zero attached hydrogens (tertiary/aromatic N) is 3. The third-order valence-electron chi connectivity index (χ3n) is 4.81. The molecule has 1 saturated heterocycles. The molecule has 1 unspecified atom stereocenters. The van der Waals surface area contributed by atoms with Crippen LogP contribution in [0.5, 0.6) is 0 Å². The molecule has 1 fully saturated rings. The van der Waals surface area contributed by atoms with E-state index in [2.05, 4.69) is 5.10 Å². The van der Waals surface area contributed by atoms with Crippen LogP contribution in [0.2, 0.25) is 0 Å². The second-order valence-corrected chi connectivity index (χ2v) is 6.58. The number of hydrogen-bond acceptors (Lipinski definition) is 4. The van der Waals surface area contributed by atoms with E-state index in [1.165, 1.54) is 4.90 Å². The third kappa shape index (κ3) is 4.14. The molecule has 1 atom stereocenters. The van der Waals surface area contributed by atoms with Crippen LogP contribution >= 0.6 is 0 Å². The van der Waals surface area contributed by atoms with E-state index in [-0.39, 0.29) is 24.4 Å². The predicted molar refractivity (Wildman–Crippen MR) is 88.7 cm³/mol. The third-order valence-corrected chi connectivity index (χ3v) is 4.81. The number of carbonyl (C=O) groups excluding carboxylic acids is 1. The topological polar surface area (TPSA) is 84.7 Å². The van der Waals surface area contributed by atoms with Crippen molar-refractivity contribution in [3.05, 3.63) is 17.0 Å². The maximum atomic E-state index is 12.9. The number of aryl methyl sites for hydroxylation is 2. The van der Waals surface area contributed by atoms with Crippen molar-refractivity contribution in [2.45, 2.75) is 46.1 Å². The summed E-state index contributed by atoms with van der Waals surface area (Å²) in [4.78, 5) is 25.6. The van der Waals surface area contributed by atoms with Gasteiger partial charge in [-0.1, -0.05) is 6.92 Å². The van der Waals surface area contributed by atoms with Crippen molar-refractivity contribution in [1.29, 1.82) is 0 Å². The van der Waals surface area contributed by atoms with E-state index in [0.717, 1.165) is 17.0 Å². The first-order valence-corrected chi connectivity index (χ1v) is 8.40. The van der Waals surface area contributed by atoms with Crippen molar-refractivity contribution in [3.63, 3.8) is 0 Å². The Bertz CT molecular complexity index is 605. The Balaban J connectivity index is 2.13. The van der Waals surface area contributed by atoms with Crippen LogP contribution in [0.25, 0.3) is 0 Å². The van der Waals surface area contributed by atoms with Crippen molar-refractivity contribution in [2.75, 3.05) is 19.8 Å². The summed E-state index contributed by atoms with van der Waals surface area (Å²) in [5, 5.41) is 13.6. The lowest BCUT2D eigenvalue weighted by atomic mass is 9.96. The minimum absolute atomic E-state index is 0.0547. The number of carbonyl (C=O) groups is 2. The number of rotatable bonds is 6. The summed E-state index contributed by atoms with van der Waals surface area (Å²) in [7, 11) is 1.89. The molecule has 1 aliphatic heterocycles. The number of ether oxygens (including phenoxy) is 1. The normalized spacial score (nSPS) is 16.8. The molecule has 7 heteroatoms. The molecule has 0 bridgehead atoms. The van der Waals surface area contributed by atoms with Gasteiger partial charge >= 0.3 is 5.97 Å². The molecule has 1 aromatic heterocycles. The van der Waals surface area contributed by atoms with Gasteiger partial charge < -0.3 is 14.7 Å². The Morgan fingerprint density at radius 3 is 2.50 bits per heavy atom. The molecular formula is C17H27N3O4. The van der Waals surface area contributed by atoms with Crippen LogP contribution in [-0.4, -0.2) is 57.5 Å². The van der Waals surface area contributed by atoms with Gasteiger partial charge in [0.15, 0.2) is 0 Å². The van der Waals surface area contributed by atoms with Crippen LogP contribution in [0.15, 0.2) is 0 Å². The molecule has 1 aromatic rings. The first-order valence-electron chi connectivity index (χ1n) is 8.40. The molecule has 0 spiro atoms. The van der Waals surface area contributed by atoms with E-state index < -0.39 is 5.97 Å². The lowest BCUT2D eigenvalue weighted by Crippen LogP contribution is -2.48. The molecule has 2 heterocycles. The van der Waals surface area contributed by atoms with Crippen LogP contribution in [0.4, 0.5) is 0 Å². The number of carboxylic acid groups (broad SMARTS) is 1. The molecule has 134 valence electrons. The summed E-state index contributed by atoms with van der Waals surface area (Å²) in [6.07, 6.45) is 1.96. The second kappa shape index (κ2) is 7.79. The fraction of sp³-hybridized carbons (Fsp3) is 0.706.